The second kappa shape index (κ2) is 5.79. The van der Waals surface area contributed by atoms with Crippen LogP contribution in [-0.4, -0.2) is 0 Å². The molecule has 0 aromatic heterocycles. The highest BCUT2D eigenvalue weighted by molar-refractivity contribution is 5.35. The van der Waals surface area contributed by atoms with E-state index < -0.39 is 36.0 Å². The number of rotatable bonds is 3. The van der Waals surface area contributed by atoms with Crippen molar-refractivity contribution in [3.8, 4) is 0 Å². The van der Waals surface area contributed by atoms with E-state index in [4.69, 9.17) is 0 Å². The molecule has 0 saturated heterocycles. The van der Waals surface area contributed by atoms with Crippen molar-refractivity contribution in [3.05, 3.63) is 77.0 Å². The molecule has 0 saturated carbocycles. The summed E-state index contributed by atoms with van der Waals surface area (Å²) in [6, 6.07) is 6.15. The summed E-state index contributed by atoms with van der Waals surface area (Å²) in [5.41, 5.74) is -1.58. The van der Waals surface area contributed by atoms with Crippen molar-refractivity contribution in [2.75, 3.05) is 0 Å². The predicted molar refractivity (Wildman–Crippen MR) is 65.0 cm³/mol. The molecule has 2 aromatic rings. The lowest BCUT2D eigenvalue weighted by atomic mass is 10.0. The SMILES string of the molecule is F[C](Cc1cc(F)ccc1F)c1cccc(C(F)(F)F)c1. The largest absolute Gasteiger partial charge is 0.416 e. The summed E-state index contributed by atoms with van der Waals surface area (Å²) in [5.74, 6) is -1.57. The summed E-state index contributed by atoms with van der Waals surface area (Å²) in [6.07, 6.45) is -6.18. The molecule has 0 fully saturated rings. The first-order valence-electron chi connectivity index (χ1n) is 5.90. The third-order valence-electron chi connectivity index (χ3n) is 2.86. The van der Waals surface area contributed by atoms with Crippen LogP contribution in [0.15, 0.2) is 42.5 Å². The minimum absolute atomic E-state index is 0.259. The zero-order valence-electron chi connectivity index (χ0n) is 10.5. The summed E-state index contributed by atoms with van der Waals surface area (Å²) in [4.78, 5) is 0. The lowest BCUT2D eigenvalue weighted by Crippen LogP contribution is -2.07. The second-order valence-electron chi connectivity index (χ2n) is 4.40. The van der Waals surface area contributed by atoms with E-state index in [2.05, 4.69) is 0 Å². The van der Waals surface area contributed by atoms with Crippen LogP contribution in [-0.2, 0) is 12.6 Å². The molecule has 0 aliphatic heterocycles. The molecule has 2 aromatic carbocycles. The van der Waals surface area contributed by atoms with E-state index in [0.717, 1.165) is 36.4 Å². The Labute approximate surface area is 117 Å². The van der Waals surface area contributed by atoms with Crippen LogP contribution in [0.2, 0.25) is 0 Å². The number of hydrogen-bond acceptors (Lipinski definition) is 0. The van der Waals surface area contributed by atoms with E-state index in [9.17, 15) is 26.3 Å². The zero-order valence-corrected chi connectivity index (χ0v) is 10.5. The Hall–Kier alpha value is -1.98. The fraction of sp³-hybridized carbons (Fsp3) is 0.133. The predicted octanol–water partition coefficient (Wildman–Crippen LogP) is 5.08. The molecule has 111 valence electrons. The molecule has 0 unspecified atom stereocenters. The lowest BCUT2D eigenvalue weighted by molar-refractivity contribution is -0.137. The van der Waals surface area contributed by atoms with E-state index >= 15 is 0 Å². The van der Waals surface area contributed by atoms with Gasteiger partial charge in [-0.3, -0.25) is 0 Å². The first-order chi connectivity index (χ1) is 9.77. The molecule has 21 heavy (non-hydrogen) atoms. The lowest BCUT2D eigenvalue weighted by Gasteiger charge is -2.11. The van der Waals surface area contributed by atoms with Crippen molar-refractivity contribution in [3.63, 3.8) is 0 Å². The monoisotopic (exact) mass is 303 g/mol. The molecule has 0 atom stereocenters. The summed E-state index contributed by atoms with van der Waals surface area (Å²) < 4.78 is 77.9. The molecule has 0 N–H and O–H groups in total. The molecule has 0 bridgehead atoms. The molecule has 0 aliphatic rings. The van der Waals surface area contributed by atoms with Gasteiger partial charge in [-0.2, -0.15) is 13.2 Å². The van der Waals surface area contributed by atoms with Crippen LogP contribution in [0, 0.1) is 17.8 Å². The Morgan fingerprint density at radius 1 is 0.952 bits per heavy atom. The van der Waals surface area contributed by atoms with Gasteiger partial charge in [0.2, 0.25) is 0 Å². The molecule has 6 heteroatoms. The van der Waals surface area contributed by atoms with Crippen molar-refractivity contribution in [2.24, 2.45) is 0 Å². The highest BCUT2D eigenvalue weighted by Crippen LogP contribution is 2.32. The van der Waals surface area contributed by atoms with Crippen molar-refractivity contribution in [1.29, 1.82) is 0 Å². The number of benzene rings is 2. The van der Waals surface area contributed by atoms with Gasteiger partial charge < -0.3 is 0 Å². The van der Waals surface area contributed by atoms with Gasteiger partial charge in [0.05, 0.1) is 5.56 Å². The fourth-order valence-electron chi connectivity index (χ4n) is 1.81. The summed E-state index contributed by atoms with van der Waals surface area (Å²) in [6.45, 7) is 0. The first-order valence-corrected chi connectivity index (χ1v) is 5.90. The Kier molecular flexibility index (Phi) is 4.25. The molecular formula is C15H9F6. The van der Waals surface area contributed by atoms with Gasteiger partial charge in [-0.05, 0) is 41.5 Å². The first kappa shape index (κ1) is 15.4. The Morgan fingerprint density at radius 3 is 2.33 bits per heavy atom. The third kappa shape index (κ3) is 3.77. The Bertz CT molecular complexity index is 632. The summed E-state index contributed by atoms with van der Waals surface area (Å²) >= 11 is 0. The summed E-state index contributed by atoms with van der Waals surface area (Å²) in [7, 11) is 0. The normalized spacial score (nSPS) is 12.0. The van der Waals surface area contributed by atoms with Gasteiger partial charge in [0.1, 0.15) is 11.6 Å². The van der Waals surface area contributed by atoms with Gasteiger partial charge in [-0.15, -0.1) is 0 Å². The topological polar surface area (TPSA) is 0 Å². The minimum atomic E-state index is -4.60. The fourth-order valence-corrected chi connectivity index (χ4v) is 1.81. The van der Waals surface area contributed by atoms with E-state index in [-0.39, 0.29) is 11.1 Å². The Morgan fingerprint density at radius 2 is 1.67 bits per heavy atom. The van der Waals surface area contributed by atoms with Gasteiger partial charge in [0.25, 0.3) is 0 Å². The van der Waals surface area contributed by atoms with E-state index in [1.807, 2.05) is 0 Å². The van der Waals surface area contributed by atoms with Crippen LogP contribution in [0.3, 0.4) is 0 Å². The smallest absolute Gasteiger partial charge is 0.234 e. The maximum Gasteiger partial charge on any atom is 0.416 e. The molecule has 0 amide bonds. The molecule has 1 radical (unpaired) electrons. The third-order valence-corrected chi connectivity index (χ3v) is 2.86. The number of halogens is 6. The van der Waals surface area contributed by atoms with Crippen LogP contribution in [0.1, 0.15) is 16.7 Å². The van der Waals surface area contributed by atoms with Gasteiger partial charge in [-0.25, -0.2) is 13.2 Å². The maximum absolute atomic E-state index is 14.0. The van der Waals surface area contributed by atoms with Gasteiger partial charge >= 0.3 is 6.18 Å². The zero-order chi connectivity index (χ0) is 15.6. The van der Waals surface area contributed by atoms with Crippen molar-refractivity contribution in [1.82, 2.24) is 0 Å². The van der Waals surface area contributed by atoms with Crippen LogP contribution >= 0.6 is 0 Å². The Balaban J connectivity index is 2.24. The van der Waals surface area contributed by atoms with Crippen LogP contribution in [0.5, 0.6) is 0 Å². The van der Waals surface area contributed by atoms with Crippen LogP contribution < -0.4 is 0 Å². The number of alkyl halides is 3. The molecule has 2 rings (SSSR count). The second-order valence-corrected chi connectivity index (χ2v) is 4.40. The average Bonchev–Trinajstić information content (AvgIpc) is 2.42. The standard InChI is InChI=1S/C15H9F6/c16-12-4-5-13(17)10(7-12)8-14(18)9-2-1-3-11(6-9)15(19,20)21/h1-7H,8H2. The van der Waals surface area contributed by atoms with Gasteiger partial charge in [-0.1, -0.05) is 12.1 Å². The van der Waals surface area contributed by atoms with Crippen LogP contribution in [0.4, 0.5) is 26.3 Å². The molecule has 0 nitrogen and oxygen atoms in total. The number of hydrogen-bond donors (Lipinski definition) is 0. The van der Waals surface area contributed by atoms with E-state index in [1.165, 1.54) is 0 Å². The van der Waals surface area contributed by atoms with Crippen molar-refractivity contribution < 1.29 is 26.3 Å². The average molecular weight is 303 g/mol. The minimum Gasteiger partial charge on any atom is -0.234 e. The molecule has 0 spiro atoms. The van der Waals surface area contributed by atoms with Crippen LogP contribution in [0.25, 0.3) is 0 Å². The highest BCUT2D eigenvalue weighted by Gasteiger charge is 2.31. The maximum atomic E-state index is 14.0. The molecular weight excluding hydrogens is 294 g/mol. The molecule has 0 aliphatic carbocycles. The van der Waals surface area contributed by atoms with Gasteiger partial charge in [0, 0.05) is 6.42 Å². The molecule has 0 heterocycles. The van der Waals surface area contributed by atoms with Crippen molar-refractivity contribution >= 4 is 0 Å². The van der Waals surface area contributed by atoms with E-state index in [0.29, 0.717) is 6.07 Å². The highest BCUT2D eigenvalue weighted by atomic mass is 19.4. The van der Waals surface area contributed by atoms with Crippen molar-refractivity contribution in [2.45, 2.75) is 12.6 Å². The summed E-state index contributed by atoms with van der Waals surface area (Å²) in [5, 5.41) is 0. The van der Waals surface area contributed by atoms with E-state index in [1.54, 1.807) is 0 Å². The van der Waals surface area contributed by atoms with Gasteiger partial charge in [0.15, 0.2) is 6.17 Å². The quantitative estimate of drug-likeness (QED) is 0.694.